The molecule has 0 radical (unpaired) electrons. The van der Waals surface area contributed by atoms with E-state index in [9.17, 15) is 0 Å². The van der Waals surface area contributed by atoms with E-state index >= 15 is 0 Å². The molecule has 2 rings (SSSR count). The molecule has 0 bridgehead atoms. The number of guanidine groups is 1. The smallest absolute Gasteiger partial charge is 0.194 e. The first-order valence-corrected chi connectivity index (χ1v) is 6.79. The van der Waals surface area contributed by atoms with E-state index in [4.69, 9.17) is 15.2 Å². The van der Waals surface area contributed by atoms with Crippen molar-refractivity contribution >= 4 is 35.8 Å². The maximum absolute atomic E-state index is 5.90. The van der Waals surface area contributed by atoms with E-state index in [0.717, 1.165) is 26.1 Å². The van der Waals surface area contributed by atoms with Crippen molar-refractivity contribution in [2.45, 2.75) is 12.8 Å². The van der Waals surface area contributed by atoms with Gasteiger partial charge in [0.15, 0.2) is 5.96 Å². The molecule has 21 heavy (non-hydrogen) atoms. The summed E-state index contributed by atoms with van der Waals surface area (Å²) < 4.78 is 10.7. The molecule has 0 saturated carbocycles. The van der Waals surface area contributed by atoms with Gasteiger partial charge >= 0.3 is 0 Å². The standard InChI is InChI=1S/C14H22N4O2.HI/c1-19-11-14(5-8-20-9-6-14)10-17-13(15)18-12-4-2-3-7-16-12;/h2-4,7H,5-6,8-11H2,1H3,(H3,15,16,17,18);1H. The summed E-state index contributed by atoms with van der Waals surface area (Å²) in [6.45, 7) is 2.82. The quantitative estimate of drug-likeness (QED) is 0.443. The van der Waals surface area contributed by atoms with Gasteiger partial charge in [-0.05, 0) is 25.0 Å². The lowest BCUT2D eigenvalue weighted by atomic mass is 9.81. The van der Waals surface area contributed by atoms with Gasteiger partial charge in [0.25, 0.3) is 0 Å². The third kappa shape index (κ3) is 5.76. The van der Waals surface area contributed by atoms with Crippen molar-refractivity contribution in [3.05, 3.63) is 24.4 Å². The van der Waals surface area contributed by atoms with Crippen molar-refractivity contribution < 1.29 is 9.47 Å². The van der Waals surface area contributed by atoms with Gasteiger partial charge in [-0.1, -0.05) is 6.07 Å². The molecule has 1 aliphatic rings. The third-order valence-electron chi connectivity index (χ3n) is 3.51. The van der Waals surface area contributed by atoms with Crippen LogP contribution in [-0.2, 0) is 9.47 Å². The molecule has 7 heteroatoms. The molecule has 1 aromatic rings. The molecule has 6 nitrogen and oxygen atoms in total. The highest BCUT2D eigenvalue weighted by Gasteiger charge is 2.32. The number of rotatable bonds is 5. The number of hydrogen-bond acceptors (Lipinski definition) is 4. The number of methoxy groups -OCH3 is 1. The normalized spacial score (nSPS) is 17.9. The van der Waals surface area contributed by atoms with Gasteiger partial charge in [0.2, 0.25) is 0 Å². The summed E-state index contributed by atoms with van der Waals surface area (Å²) in [5.41, 5.74) is 5.94. The van der Waals surface area contributed by atoms with E-state index in [1.165, 1.54) is 0 Å². The fourth-order valence-corrected chi connectivity index (χ4v) is 2.32. The van der Waals surface area contributed by atoms with Crippen LogP contribution in [0.1, 0.15) is 12.8 Å². The van der Waals surface area contributed by atoms with Crippen LogP contribution >= 0.6 is 24.0 Å². The lowest BCUT2D eigenvalue weighted by molar-refractivity contribution is -0.0222. The Morgan fingerprint density at radius 1 is 1.48 bits per heavy atom. The number of nitrogens with two attached hydrogens (primary N) is 1. The van der Waals surface area contributed by atoms with Gasteiger partial charge in [-0.3, -0.25) is 4.99 Å². The highest BCUT2D eigenvalue weighted by molar-refractivity contribution is 14.0. The number of aliphatic imine (C=N–C) groups is 1. The van der Waals surface area contributed by atoms with Crippen LogP contribution in [0.4, 0.5) is 5.82 Å². The molecule has 0 aromatic carbocycles. The molecule has 118 valence electrons. The predicted molar refractivity (Wildman–Crippen MR) is 94.1 cm³/mol. The molecule has 1 aromatic heterocycles. The number of aromatic nitrogens is 1. The number of ether oxygens (including phenoxy) is 2. The molecule has 0 amide bonds. The van der Waals surface area contributed by atoms with Gasteiger partial charge in [0.1, 0.15) is 5.82 Å². The molecule has 1 saturated heterocycles. The predicted octanol–water partition coefficient (Wildman–Crippen LogP) is 1.87. The molecule has 0 unspecified atom stereocenters. The maximum atomic E-state index is 5.90. The molecular formula is C14H23IN4O2. The van der Waals surface area contributed by atoms with Crippen LogP contribution in [-0.4, -0.2) is 44.4 Å². The second kappa shape index (κ2) is 9.16. The first-order valence-electron chi connectivity index (χ1n) is 6.79. The zero-order valence-corrected chi connectivity index (χ0v) is 14.6. The first-order chi connectivity index (χ1) is 9.74. The summed E-state index contributed by atoms with van der Waals surface area (Å²) in [7, 11) is 1.72. The van der Waals surface area contributed by atoms with Gasteiger partial charge in [-0.15, -0.1) is 24.0 Å². The molecule has 3 N–H and O–H groups in total. The van der Waals surface area contributed by atoms with Gasteiger partial charge < -0.3 is 20.5 Å². The topological polar surface area (TPSA) is 81.8 Å². The molecule has 1 fully saturated rings. The zero-order valence-electron chi connectivity index (χ0n) is 12.2. The minimum absolute atomic E-state index is 0. The number of nitrogens with one attached hydrogen (secondary N) is 1. The lowest BCUT2D eigenvalue weighted by Crippen LogP contribution is -2.37. The van der Waals surface area contributed by atoms with Crippen LogP contribution < -0.4 is 11.1 Å². The minimum Gasteiger partial charge on any atom is -0.384 e. The number of anilines is 1. The molecule has 2 heterocycles. The van der Waals surface area contributed by atoms with Crippen molar-refractivity contribution in [2.24, 2.45) is 16.1 Å². The van der Waals surface area contributed by atoms with Gasteiger partial charge in [0, 0.05) is 31.9 Å². The third-order valence-corrected chi connectivity index (χ3v) is 3.51. The van der Waals surface area contributed by atoms with E-state index < -0.39 is 0 Å². The lowest BCUT2D eigenvalue weighted by Gasteiger charge is -2.35. The fourth-order valence-electron chi connectivity index (χ4n) is 2.32. The van der Waals surface area contributed by atoms with Crippen molar-refractivity contribution in [3.63, 3.8) is 0 Å². The average molecular weight is 406 g/mol. The highest BCUT2D eigenvalue weighted by atomic mass is 127. The van der Waals surface area contributed by atoms with Crippen molar-refractivity contribution in [2.75, 3.05) is 38.8 Å². The Kier molecular flexibility index (Phi) is 7.91. The van der Waals surface area contributed by atoms with E-state index in [2.05, 4.69) is 15.3 Å². The average Bonchev–Trinajstić information content (AvgIpc) is 2.48. The second-order valence-corrected chi connectivity index (χ2v) is 5.09. The molecule has 0 aliphatic carbocycles. The van der Waals surface area contributed by atoms with E-state index in [0.29, 0.717) is 24.9 Å². The van der Waals surface area contributed by atoms with E-state index in [1.807, 2.05) is 18.2 Å². The van der Waals surface area contributed by atoms with Crippen LogP contribution in [0.2, 0.25) is 0 Å². The zero-order chi connectivity index (χ0) is 14.3. The first kappa shape index (κ1) is 18.1. The molecule has 1 aliphatic heterocycles. The summed E-state index contributed by atoms with van der Waals surface area (Å²) in [4.78, 5) is 8.59. The second-order valence-electron chi connectivity index (χ2n) is 5.09. The Morgan fingerprint density at radius 3 is 2.86 bits per heavy atom. The van der Waals surface area contributed by atoms with Crippen molar-refractivity contribution in [1.29, 1.82) is 0 Å². The number of nitrogens with zero attached hydrogens (tertiary/aromatic N) is 2. The number of pyridine rings is 1. The van der Waals surface area contributed by atoms with Crippen LogP contribution in [0.15, 0.2) is 29.4 Å². The van der Waals surface area contributed by atoms with Gasteiger partial charge in [-0.2, -0.15) is 0 Å². The number of halogens is 1. The maximum Gasteiger partial charge on any atom is 0.194 e. The van der Waals surface area contributed by atoms with Crippen LogP contribution in [0.5, 0.6) is 0 Å². The largest absolute Gasteiger partial charge is 0.384 e. The Labute approximate surface area is 142 Å². The summed E-state index contributed by atoms with van der Waals surface area (Å²) in [5.74, 6) is 1.08. The Morgan fingerprint density at radius 2 is 2.24 bits per heavy atom. The Bertz CT molecular complexity index is 430. The van der Waals surface area contributed by atoms with E-state index in [1.54, 1.807) is 13.3 Å². The SMILES string of the molecule is COCC1(CN=C(N)Nc2ccccn2)CCOCC1.I. The molecule has 0 spiro atoms. The van der Waals surface area contributed by atoms with Crippen LogP contribution in [0.25, 0.3) is 0 Å². The molecular weight excluding hydrogens is 383 g/mol. The van der Waals surface area contributed by atoms with Crippen LogP contribution in [0, 0.1) is 5.41 Å². The van der Waals surface area contributed by atoms with Crippen molar-refractivity contribution in [3.8, 4) is 0 Å². The Balaban J connectivity index is 0.00000220. The minimum atomic E-state index is 0. The summed E-state index contributed by atoms with van der Waals surface area (Å²) in [6.07, 6.45) is 3.60. The number of hydrogen-bond donors (Lipinski definition) is 2. The van der Waals surface area contributed by atoms with E-state index in [-0.39, 0.29) is 29.4 Å². The Hall–Kier alpha value is -0.930. The summed E-state index contributed by atoms with van der Waals surface area (Å²) in [5, 5.41) is 2.99. The highest BCUT2D eigenvalue weighted by Crippen LogP contribution is 2.31. The van der Waals surface area contributed by atoms with Crippen LogP contribution in [0.3, 0.4) is 0 Å². The monoisotopic (exact) mass is 406 g/mol. The summed E-state index contributed by atoms with van der Waals surface area (Å²) >= 11 is 0. The summed E-state index contributed by atoms with van der Waals surface area (Å²) in [6, 6.07) is 5.60. The van der Waals surface area contributed by atoms with Gasteiger partial charge in [-0.25, -0.2) is 4.98 Å². The van der Waals surface area contributed by atoms with Crippen molar-refractivity contribution in [1.82, 2.24) is 4.98 Å². The molecule has 0 atom stereocenters. The van der Waals surface area contributed by atoms with Gasteiger partial charge in [0.05, 0.1) is 13.2 Å². The fraction of sp³-hybridized carbons (Fsp3) is 0.571.